The highest BCUT2D eigenvalue weighted by molar-refractivity contribution is 5.77. The summed E-state index contributed by atoms with van der Waals surface area (Å²) in [5.41, 5.74) is 2.09. The molecular weight excluding hydrogens is 282 g/mol. The molecule has 1 fully saturated rings. The molecule has 0 saturated carbocycles. The second-order valence-electron chi connectivity index (χ2n) is 5.55. The maximum absolute atomic E-state index is 12.0. The maximum atomic E-state index is 12.0. The zero-order valence-corrected chi connectivity index (χ0v) is 12.8. The minimum atomic E-state index is -0.828. The number of hydrogen-bond acceptors (Lipinski definition) is 3. The number of carbonyl (C=O) groups is 2. The standard InChI is InChI=1S/C16H23N3O3/c1-2-8-17-14-5-3-12(4-6-14)10-18-16(22)19-9-7-13(11-19)15(20)21/h3-6,13,17H,2,7-11H2,1H3,(H,18,22)(H,20,21). The second kappa shape index (κ2) is 7.68. The van der Waals surface area contributed by atoms with Crippen LogP contribution >= 0.6 is 0 Å². The van der Waals surface area contributed by atoms with E-state index in [1.54, 1.807) is 4.90 Å². The predicted molar refractivity (Wildman–Crippen MR) is 84.8 cm³/mol. The van der Waals surface area contributed by atoms with Crippen molar-refractivity contribution in [1.82, 2.24) is 10.2 Å². The number of hydrogen-bond donors (Lipinski definition) is 3. The lowest BCUT2D eigenvalue weighted by molar-refractivity contribution is -0.141. The van der Waals surface area contributed by atoms with E-state index in [2.05, 4.69) is 17.6 Å². The summed E-state index contributed by atoms with van der Waals surface area (Å²) in [6, 6.07) is 7.74. The maximum Gasteiger partial charge on any atom is 0.317 e. The number of rotatable bonds is 6. The van der Waals surface area contributed by atoms with Crippen LogP contribution in [0.15, 0.2) is 24.3 Å². The van der Waals surface area contributed by atoms with E-state index in [0.717, 1.165) is 24.2 Å². The number of likely N-dealkylation sites (tertiary alicyclic amines) is 1. The van der Waals surface area contributed by atoms with Gasteiger partial charge in [0.1, 0.15) is 0 Å². The number of carbonyl (C=O) groups excluding carboxylic acids is 1. The first-order chi connectivity index (χ1) is 10.6. The third-order valence-corrected chi connectivity index (χ3v) is 3.80. The molecule has 120 valence electrons. The first kappa shape index (κ1) is 16.1. The van der Waals surface area contributed by atoms with Gasteiger partial charge in [0.2, 0.25) is 0 Å². The summed E-state index contributed by atoms with van der Waals surface area (Å²) in [4.78, 5) is 24.5. The van der Waals surface area contributed by atoms with Crippen LogP contribution in [0.2, 0.25) is 0 Å². The molecule has 6 heteroatoms. The Morgan fingerprint density at radius 2 is 2.05 bits per heavy atom. The van der Waals surface area contributed by atoms with E-state index in [0.29, 0.717) is 26.1 Å². The number of benzene rings is 1. The normalized spacial score (nSPS) is 17.3. The molecule has 1 aromatic carbocycles. The van der Waals surface area contributed by atoms with Crippen molar-refractivity contribution in [2.24, 2.45) is 5.92 Å². The topological polar surface area (TPSA) is 81.7 Å². The Morgan fingerprint density at radius 3 is 2.64 bits per heavy atom. The zero-order valence-electron chi connectivity index (χ0n) is 12.8. The first-order valence-electron chi connectivity index (χ1n) is 7.68. The summed E-state index contributed by atoms with van der Waals surface area (Å²) in [6.45, 7) is 4.30. The molecule has 6 nitrogen and oxygen atoms in total. The molecule has 22 heavy (non-hydrogen) atoms. The Balaban J connectivity index is 1.78. The number of carboxylic acid groups (broad SMARTS) is 1. The Bertz CT molecular complexity index is 516. The lowest BCUT2D eigenvalue weighted by atomic mass is 10.1. The molecule has 3 N–H and O–H groups in total. The summed E-state index contributed by atoms with van der Waals surface area (Å²) in [5.74, 6) is -1.26. The van der Waals surface area contributed by atoms with Crippen LogP contribution in [0.3, 0.4) is 0 Å². The van der Waals surface area contributed by atoms with Gasteiger partial charge < -0.3 is 20.6 Å². The monoisotopic (exact) mass is 305 g/mol. The summed E-state index contributed by atoms with van der Waals surface area (Å²) < 4.78 is 0. The number of nitrogens with one attached hydrogen (secondary N) is 2. The third-order valence-electron chi connectivity index (χ3n) is 3.80. The van der Waals surface area contributed by atoms with E-state index in [9.17, 15) is 9.59 Å². The van der Waals surface area contributed by atoms with Gasteiger partial charge in [0.05, 0.1) is 5.92 Å². The Hall–Kier alpha value is -2.24. The van der Waals surface area contributed by atoms with Crippen LogP contribution in [0.25, 0.3) is 0 Å². The molecule has 1 atom stereocenters. The molecular formula is C16H23N3O3. The Morgan fingerprint density at radius 1 is 1.32 bits per heavy atom. The van der Waals surface area contributed by atoms with Crippen molar-refractivity contribution in [1.29, 1.82) is 0 Å². The van der Waals surface area contributed by atoms with Crippen molar-refractivity contribution in [2.75, 3.05) is 25.0 Å². The number of carboxylic acids is 1. The lowest BCUT2D eigenvalue weighted by Gasteiger charge is -2.16. The molecule has 1 aliphatic heterocycles. The van der Waals surface area contributed by atoms with Crippen molar-refractivity contribution in [2.45, 2.75) is 26.3 Å². The number of amides is 2. The highest BCUT2D eigenvalue weighted by Crippen LogP contribution is 2.16. The van der Waals surface area contributed by atoms with Crippen LogP contribution in [0.1, 0.15) is 25.3 Å². The minimum absolute atomic E-state index is 0.197. The van der Waals surface area contributed by atoms with Crippen molar-refractivity contribution in [3.63, 3.8) is 0 Å². The van der Waals surface area contributed by atoms with Gasteiger partial charge >= 0.3 is 12.0 Å². The Labute approximate surface area is 130 Å². The van der Waals surface area contributed by atoms with Crippen LogP contribution in [0.5, 0.6) is 0 Å². The molecule has 0 bridgehead atoms. The van der Waals surface area contributed by atoms with Gasteiger partial charge in [-0.3, -0.25) is 4.79 Å². The number of urea groups is 1. The number of anilines is 1. The Kier molecular flexibility index (Phi) is 5.63. The van der Waals surface area contributed by atoms with Crippen molar-refractivity contribution in [3.8, 4) is 0 Å². The van der Waals surface area contributed by atoms with Gasteiger partial charge in [-0.2, -0.15) is 0 Å². The SMILES string of the molecule is CCCNc1ccc(CNC(=O)N2CCC(C(=O)O)C2)cc1. The molecule has 1 heterocycles. The third kappa shape index (κ3) is 4.38. The van der Waals surface area contributed by atoms with Gasteiger partial charge in [-0.15, -0.1) is 0 Å². The van der Waals surface area contributed by atoms with E-state index in [4.69, 9.17) is 5.11 Å². The zero-order chi connectivity index (χ0) is 15.9. The van der Waals surface area contributed by atoms with E-state index in [1.165, 1.54) is 0 Å². The van der Waals surface area contributed by atoms with Crippen molar-refractivity contribution >= 4 is 17.7 Å². The van der Waals surface area contributed by atoms with Crippen molar-refractivity contribution < 1.29 is 14.7 Å². The molecule has 1 aliphatic rings. The second-order valence-corrected chi connectivity index (χ2v) is 5.55. The molecule has 2 rings (SSSR count). The molecule has 1 saturated heterocycles. The van der Waals surface area contributed by atoms with Gasteiger partial charge in [-0.1, -0.05) is 19.1 Å². The minimum Gasteiger partial charge on any atom is -0.481 e. The fourth-order valence-electron chi connectivity index (χ4n) is 2.45. The predicted octanol–water partition coefficient (Wildman–Crippen LogP) is 2.12. The van der Waals surface area contributed by atoms with E-state index >= 15 is 0 Å². The van der Waals surface area contributed by atoms with E-state index in [1.807, 2.05) is 24.3 Å². The first-order valence-corrected chi connectivity index (χ1v) is 7.68. The molecule has 0 aliphatic carbocycles. The van der Waals surface area contributed by atoms with E-state index < -0.39 is 11.9 Å². The fourth-order valence-corrected chi connectivity index (χ4v) is 2.45. The average Bonchev–Trinajstić information content (AvgIpc) is 3.02. The van der Waals surface area contributed by atoms with Crippen molar-refractivity contribution in [3.05, 3.63) is 29.8 Å². The highest BCUT2D eigenvalue weighted by Gasteiger charge is 2.30. The molecule has 0 radical (unpaired) electrons. The van der Waals surface area contributed by atoms with Crippen LogP contribution in [0.4, 0.5) is 10.5 Å². The number of aliphatic carboxylic acids is 1. The van der Waals surface area contributed by atoms with Crippen LogP contribution in [-0.4, -0.2) is 41.6 Å². The van der Waals surface area contributed by atoms with Gasteiger partial charge in [-0.05, 0) is 30.5 Å². The van der Waals surface area contributed by atoms with Gasteiger partial charge in [0.15, 0.2) is 0 Å². The largest absolute Gasteiger partial charge is 0.481 e. The average molecular weight is 305 g/mol. The van der Waals surface area contributed by atoms with Crippen LogP contribution < -0.4 is 10.6 Å². The number of nitrogens with zero attached hydrogens (tertiary/aromatic N) is 1. The summed E-state index contributed by atoms with van der Waals surface area (Å²) in [6.07, 6.45) is 1.60. The molecule has 1 aromatic rings. The molecule has 0 aromatic heterocycles. The van der Waals surface area contributed by atoms with Gasteiger partial charge in [-0.25, -0.2) is 4.79 Å². The van der Waals surface area contributed by atoms with Gasteiger partial charge in [0.25, 0.3) is 0 Å². The smallest absolute Gasteiger partial charge is 0.317 e. The van der Waals surface area contributed by atoms with Crippen LogP contribution in [0, 0.1) is 5.92 Å². The summed E-state index contributed by atoms with van der Waals surface area (Å²) in [7, 11) is 0. The van der Waals surface area contributed by atoms with E-state index in [-0.39, 0.29) is 6.03 Å². The molecule has 0 spiro atoms. The highest BCUT2D eigenvalue weighted by atomic mass is 16.4. The lowest BCUT2D eigenvalue weighted by Crippen LogP contribution is -2.38. The summed E-state index contributed by atoms with van der Waals surface area (Å²) >= 11 is 0. The molecule has 2 amide bonds. The van der Waals surface area contributed by atoms with Gasteiger partial charge in [0, 0.05) is 31.9 Å². The molecule has 1 unspecified atom stereocenters. The quantitative estimate of drug-likeness (QED) is 0.752. The summed E-state index contributed by atoms with van der Waals surface area (Å²) in [5, 5.41) is 15.1. The fraction of sp³-hybridized carbons (Fsp3) is 0.500. The van der Waals surface area contributed by atoms with Crippen LogP contribution in [-0.2, 0) is 11.3 Å².